The summed E-state index contributed by atoms with van der Waals surface area (Å²) >= 11 is 0. The van der Waals surface area contributed by atoms with Crippen molar-refractivity contribution in [1.82, 2.24) is 9.88 Å². The average molecular weight is 340 g/mol. The van der Waals surface area contributed by atoms with E-state index in [1.165, 1.54) is 10.9 Å². The average Bonchev–Trinajstić information content (AvgIpc) is 2.62. The maximum Gasteiger partial charge on any atom is 0.0705 e. The molecule has 2 fully saturated rings. The standard InChI is InChI=1S/C21H28N2O2/c1-3-25-20-13-19(24)21(20)8-10-23(11-9-21)14-16-5-7-18-17(12-16)6-4-15(2)22-18/h4-7,12,19-20,24H,3,8-11,13-14H2,1-2H3/t19-,20+/m1/s1. The van der Waals surface area contributed by atoms with Gasteiger partial charge in [0.05, 0.1) is 17.7 Å². The first-order valence-electron chi connectivity index (χ1n) is 9.49. The number of aliphatic hydroxyl groups is 1. The number of piperidine rings is 1. The first-order valence-corrected chi connectivity index (χ1v) is 9.49. The molecular weight excluding hydrogens is 312 g/mol. The minimum Gasteiger partial charge on any atom is -0.392 e. The van der Waals surface area contributed by atoms with Crippen LogP contribution >= 0.6 is 0 Å². The summed E-state index contributed by atoms with van der Waals surface area (Å²) in [6.07, 6.45) is 2.96. The van der Waals surface area contributed by atoms with Crippen LogP contribution in [0.15, 0.2) is 30.3 Å². The highest BCUT2D eigenvalue weighted by molar-refractivity contribution is 5.79. The Bertz CT molecular complexity index is 751. The fraction of sp³-hybridized carbons (Fsp3) is 0.571. The summed E-state index contributed by atoms with van der Waals surface area (Å²) < 4.78 is 5.87. The Labute approximate surface area is 149 Å². The normalized spacial score (nSPS) is 26.0. The molecule has 2 aliphatic rings. The van der Waals surface area contributed by atoms with E-state index in [4.69, 9.17) is 4.74 Å². The van der Waals surface area contributed by atoms with Gasteiger partial charge >= 0.3 is 0 Å². The number of ether oxygens (including phenoxy) is 1. The number of fused-ring (bicyclic) bond motifs is 1. The molecule has 0 radical (unpaired) electrons. The number of aryl methyl sites for hydroxylation is 1. The van der Waals surface area contributed by atoms with Crippen molar-refractivity contribution in [1.29, 1.82) is 0 Å². The van der Waals surface area contributed by atoms with E-state index in [2.05, 4.69) is 40.2 Å². The number of benzene rings is 1. The highest BCUT2D eigenvalue weighted by atomic mass is 16.5. The molecule has 1 aromatic heterocycles. The van der Waals surface area contributed by atoms with Gasteiger partial charge in [0.1, 0.15) is 0 Å². The molecule has 1 aliphatic heterocycles. The van der Waals surface area contributed by atoms with Crippen molar-refractivity contribution in [2.75, 3.05) is 19.7 Å². The number of hydrogen-bond acceptors (Lipinski definition) is 4. The molecule has 0 amide bonds. The fourth-order valence-corrected chi connectivity index (χ4v) is 4.58. The molecule has 1 saturated carbocycles. The minimum absolute atomic E-state index is 0.0113. The molecule has 2 aromatic rings. The Kier molecular flexibility index (Phi) is 4.52. The Morgan fingerprint density at radius 1 is 1.24 bits per heavy atom. The summed E-state index contributed by atoms with van der Waals surface area (Å²) in [4.78, 5) is 7.08. The largest absolute Gasteiger partial charge is 0.392 e. The van der Waals surface area contributed by atoms with E-state index in [0.717, 1.165) is 56.7 Å². The van der Waals surface area contributed by atoms with Gasteiger partial charge in [-0.05, 0) is 63.5 Å². The molecule has 134 valence electrons. The van der Waals surface area contributed by atoms with Gasteiger partial charge in [-0.15, -0.1) is 0 Å². The van der Waals surface area contributed by atoms with Crippen molar-refractivity contribution in [2.24, 2.45) is 5.41 Å². The molecule has 1 N–H and O–H groups in total. The third kappa shape index (κ3) is 3.07. The Hall–Kier alpha value is -1.49. The van der Waals surface area contributed by atoms with E-state index < -0.39 is 0 Å². The number of hydrogen-bond donors (Lipinski definition) is 1. The van der Waals surface area contributed by atoms with Gasteiger partial charge < -0.3 is 9.84 Å². The van der Waals surface area contributed by atoms with Crippen LogP contribution in [0.2, 0.25) is 0 Å². The van der Waals surface area contributed by atoms with Gasteiger partial charge in [0, 0.05) is 36.1 Å². The van der Waals surface area contributed by atoms with Gasteiger partial charge in [-0.2, -0.15) is 0 Å². The molecule has 0 unspecified atom stereocenters. The maximum absolute atomic E-state index is 10.3. The van der Waals surface area contributed by atoms with Crippen LogP contribution in [0.4, 0.5) is 0 Å². The molecule has 1 aromatic carbocycles. The van der Waals surface area contributed by atoms with E-state index >= 15 is 0 Å². The van der Waals surface area contributed by atoms with Crippen LogP contribution in [0.1, 0.15) is 37.4 Å². The number of aromatic nitrogens is 1. The van der Waals surface area contributed by atoms with Crippen molar-refractivity contribution >= 4 is 10.9 Å². The van der Waals surface area contributed by atoms with Crippen molar-refractivity contribution < 1.29 is 9.84 Å². The summed E-state index contributed by atoms with van der Waals surface area (Å²) in [6.45, 7) is 7.85. The van der Waals surface area contributed by atoms with Gasteiger partial charge in [-0.1, -0.05) is 12.1 Å². The van der Waals surface area contributed by atoms with Crippen LogP contribution in [0.5, 0.6) is 0 Å². The number of likely N-dealkylation sites (tertiary alicyclic amines) is 1. The summed E-state index contributed by atoms with van der Waals surface area (Å²) in [7, 11) is 0. The maximum atomic E-state index is 10.3. The highest BCUT2D eigenvalue weighted by Gasteiger charge is 2.55. The van der Waals surface area contributed by atoms with Crippen LogP contribution in [-0.4, -0.2) is 46.9 Å². The van der Waals surface area contributed by atoms with Gasteiger partial charge in [0.2, 0.25) is 0 Å². The zero-order valence-corrected chi connectivity index (χ0v) is 15.2. The lowest BCUT2D eigenvalue weighted by atomic mass is 9.58. The Morgan fingerprint density at radius 3 is 2.76 bits per heavy atom. The predicted octanol–water partition coefficient (Wildman–Crippen LogP) is 3.30. The molecule has 1 spiro atoms. The quantitative estimate of drug-likeness (QED) is 0.928. The lowest BCUT2D eigenvalue weighted by Gasteiger charge is -2.56. The molecule has 25 heavy (non-hydrogen) atoms. The second kappa shape index (κ2) is 6.67. The van der Waals surface area contributed by atoms with Gasteiger partial charge in [0.15, 0.2) is 0 Å². The van der Waals surface area contributed by atoms with Gasteiger partial charge in [0.25, 0.3) is 0 Å². The number of aliphatic hydroxyl groups excluding tert-OH is 1. The fourth-order valence-electron chi connectivity index (χ4n) is 4.58. The monoisotopic (exact) mass is 340 g/mol. The molecule has 4 nitrogen and oxygen atoms in total. The highest BCUT2D eigenvalue weighted by Crippen LogP contribution is 2.51. The van der Waals surface area contributed by atoms with Crippen LogP contribution in [0.25, 0.3) is 10.9 Å². The van der Waals surface area contributed by atoms with Gasteiger partial charge in [-0.3, -0.25) is 9.88 Å². The first kappa shape index (κ1) is 17.0. The SMILES string of the molecule is CCO[C@H]1C[C@@H](O)C12CCN(Cc1ccc3nc(C)ccc3c1)CC2. The molecule has 1 aliphatic carbocycles. The summed E-state index contributed by atoms with van der Waals surface area (Å²) in [6, 6.07) is 10.8. The molecule has 1 saturated heterocycles. The third-order valence-electron chi connectivity index (χ3n) is 6.20. The zero-order chi connectivity index (χ0) is 17.4. The second-order valence-electron chi connectivity index (χ2n) is 7.68. The summed E-state index contributed by atoms with van der Waals surface area (Å²) in [5.74, 6) is 0. The van der Waals surface area contributed by atoms with Crippen molar-refractivity contribution in [3.8, 4) is 0 Å². The van der Waals surface area contributed by atoms with E-state index in [9.17, 15) is 5.11 Å². The first-order chi connectivity index (χ1) is 12.1. The van der Waals surface area contributed by atoms with Crippen LogP contribution in [0, 0.1) is 12.3 Å². The van der Waals surface area contributed by atoms with Gasteiger partial charge in [-0.25, -0.2) is 0 Å². The topological polar surface area (TPSA) is 45.6 Å². The molecule has 2 atom stereocenters. The summed E-state index contributed by atoms with van der Waals surface area (Å²) in [5.41, 5.74) is 3.48. The lowest BCUT2D eigenvalue weighted by Crippen LogP contribution is -2.62. The van der Waals surface area contributed by atoms with E-state index in [-0.39, 0.29) is 17.6 Å². The predicted molar refractivity (Wildman–Crippen MR) is 99.5 cm³/mol. The van der Waals surface area contributed by atoms with Crippen molar-refractivity contribution in [3.05, 3.63) is 41.6 Å². The Morgan fingerprint density at radius 2 is 2.04 bits per heavy atom. The summed E-state index contributed by atoms with van der Waals surface area (Å²) in [5, 5.41) is 11.5. The molecule has 4 heteroatoms. The van der Waals surface area contributed by atoms with E-state index in [1.54, 1.807) is 0 Å². The van der Waals surface area contributed by atoms with Crippen LogP contribution in [0.3, 0.4) is 0 Å². The number of pyridine rings is 1. The van der Waals surface area contributed by atoms with E-state index in [0.29, 0.717) is 0 Å². The molecular formula is C21H28N2O2. The third-order valence-corrected chi connectivity index (χ3v) is 6.20. The number of nitrogens with zero attached hydrogens (tertiary/aromatic N) is 2. The molecule has 4 rings (SSSR count). The second-order valence-corrected chi connectivity index (χ2v) is 7.68. The van der Waals surface area contributed by atoms with Crippen LogP contribution in [-0.2, 0) is 11.3 Å². The Balaban J connectivity index is 1.41. The number of rotatable bonds is 4. The lowest BCUT2D eigenvalue weighted by molar-refractivity contribution is -0.209. The molecule has 0 bridgehead atoms. The van der Waals surface area contributed by atoms with Crippen molar-refractivity contribution in [3.63, 3.8) is 0 Å². The molecule has 2 heterocycles. The smallest absolute Gasteiger partial charge is 0.0705 e. The van der Waals surface area contributed by atoms with E-state index in [1.807, 2.05) is 13.8 Å². The van der Waals surface area contributed by atoms with Crippen LogP contribution < -0.4 is 0 Å². The zero-order valence-electron chi connectivity index (χ0n) is 15.2. The minimum atomic E-state index is -0.179. The van der Waals surface area contributed by atoms with Crippen molar-refractivity contribution in [2.45, 2.75) is 51.9 Å².